The highest BCUT2D eigenvalue weighted by Crippen LogP contribution is 2.14. The summed E-state index contributed by atoms with van der Waals surface area (Å²) >= 11 is 0. The Kier molecular flexibility index (Phi) is 7.91. The average Bonchev–Trinajstić information content (AvgIpc) is 3.04. The largest absolute Gasteiger partial charge is 0.355 e. The molecule has 5 nitrogen and oxygen atoms in total. The summed E-state index contributed by atoms with van der Waals surface area (Å²) in [4.78, 5) is 23.2. The van der Waals surface area contributed by atoms with E-state index in [9.17, 15) is 9.59 Å². The van der Waals surface area contributed by atoms with Gasteiger partial charge in [-0.25, -0.2) is 0 Å². The maximum Gasteiger partial charge on any atom is 0.251 e. The number of hydrogen-bond donors (Lipinski definition) is 3. The maximum atomic E-state index is 11.8. The quantitative estimate of drug-likeness (QED) is 0.742. The molecule has 0 aliphatic carbocycles. The van der Waals surface area contributed by atoms with Gasteiger partial charge in [-0.15, -0.1) is 12.4 Å². The second-order valence-corrected chi connectivity index (χ2v) is 5.45. The Bertz CT molecular complexity index is 485. The Labute approximate surface area is 137 Å². The number of rotatable bonds is 6. The van der Waals surface area contributed by atoms with Gasteiger partial charge >= 0.3 is 0 Å². The molecular weight excluding hydrogens is 302 g/mol. The summed E-state index contributed by atoms with van der Waals surface area (Å²) in [6, 6.07) is 7.27. The Morgan fingerprint density at radius 1 is 1.27 bits per heavy atom. The lowest BCUT2D eigenvalue weighted by atomic mass is 10.0. The van der Waals surface area contributed by atoms with Crippen LogP contribution in [0.4, 0.5) is 0 Å². The van der Waals surface area contributed by atoms with Gasteiger partial charge in [0.25, 0.3) is 5.91 Å². The SMILES string of the molecule is CNC(=O)c1ccc(CNC(=O)CCC2CCNC2)cc1.Cl. The van der Waals surface area contributed by atoms with Gasteiger partial charge in [0.2, 0.25) is 5.91 Å². The summed E-state index contributed by atoms with van der Waals surface area (Å²) < 4.78 is 0. The molecule has 6 heteroatoms. The van der Waals surface area contributed by atoms with Crippen molar-refractivity contribution in [3.8, 4) is 0 Å². The van der Waals surface area contributed by atoms with Gasteiger partial charge < -0.3 is 16.0 Å². The molecule has 0 spiro atoms. The number of halogens is 1. The molecule has 1 atom stereocenters. The van der Waals surface area contributed by atoms with Gasteiger partial charge in [0, 0.05) is 25.6 Å². The van der Waals surface area contributed by atoms with Crippen LogP contribution in [0.15, 0.2) is 24.3 Å². The predicted molar refractivity (Wildman–Crippen MR) is 89.1 cm³/mol. The number of carbonyl (C=O) groups is 2. The molecule has 3 N–H and O–H groups in total. The van der Waals surface area contributed by atoms with Crippen LogP contribution < -0.4 is 16.0 Å². The first-order chi connectivity index (χ1) is 10.2. The van der Waals surface area contributed by atoms with Crippen LogP contribution >= 0.6 is 12.4 Å². The number of hydrogen-bond acceptors (Lipinski definition) is 3. The van der Waals surface area contributed by atoms with E-state index in [0.29, 0.717) is 24.4 Å². The Morgan fingerprint density at radius 2 is 2.00 bits per heavy atom. The van der Waals surface area contributed by atoms with Crippen LogP contribution in [0.5, 0.6) is 0 Å². The van der Waals surface area contributed by atoms with E-state index in [0.717, 1.165) is 25.1 Å². The first kappa shape index (κ1) is 18.5. The second kappa shape index (κ2) is 9.43. The molecule has 1 heterocycles. The molecule has 1 aliphatic heterocycles. The van der Waals surface area contributed by atoms with Gasteiger partial charge in [0.05, 0.1) is 0 Å². The first-order valence-corrected chi connectivity index (χ1v) is 7.47. The fraction of sp³-hybridized carbons (Fsp3) is 0.500. The summed E-state index contributed by atoms with van der Waals surface area (Å²) in [7, 11) is 1.61. The summed E-state index contributed by atoms with van der Waals surface area (Å²) in [5, 5.41) is 8.81. The van der Waals surface area contributed by atoms with Crippen molar-refractivity contribution < 1.29 is 9.59 Å². The molecule has 1 saturated heterocycles. The number of amides is 2. The van der Waals surface area contributed by atoms with Crippen LogP contribution in [0.1, 0.15) is 35.2 Å². The van der Waals surface area contributed by atoms with E-state index >= 15 is 0 Å². The van der Waals surface area contributed by atoms with E-state index in [2.05, 4.69) is 16.0 Å². The van der Waals surface area contributed by atoms with Crippen LogP contribution in [0, 0.1) is 5.92 Å². The number of benzene rings is 1. The van der Waals surface area contributed by atoms with E-state index in [1.165, 1.54) is 6.42 Å². The average molecular weight is 326 g/mol. The Morgan fingerprint density at radius 3 is 2.59 bits per heavy atom. The molecule has 0 radical (unpaired) electrons. The summed E-state index contributed by atoms with van der Waals surface area (Å²) in [5.41, 5.74) is 1.62. The third kappa shape index (κ3) is 5.66. The predicted octanol–water partition coefficient (Wildman–Crippen LogP) is 1.47. The summed E-state index contributed by atoms with van der Waals surface area (Å²) in [6.45, 7) is 2.62. The fourth-order valence-electron chi connectivity index (χ4n) is 2.50. The Balaban J connectivity index is 0.00000242. The van der Waals surface area contributed by atoms with Crippen molar-refractivity contribution in [2.75, 3.05) is 20.1 Å². The molecule has 1 aliphatic rings. The van der Waals surface area contributed by atoms with Crippen LogP contribution in [-0.4, -0.2) is 32.0 Å². The zero-order valence-corrected chi connectivity index (χ0v) is 13.7. The van der Waals surface area contributed by atoms with E-state index in [1.807, 2.05) is 12.1 Å². The van der Waals surface area contributed by atoms with Gasteiger partial charge in [-0.1, -0.05) is 12.1 Å². The zero-order valence-electron chi connectivity index (χ0n) is 12.9. The van der Waals surface area contributed by atoms with Gasteiger partial charge in [-0.05, 0) is 49.5 Å². The van der Waals surface area contributed by atoms with E-state index in [4.69, 9.17) is 0 Å². The first-order valence-electron chi connectivity index (χ1n) is 7.47. The van der Waals surface area contributed by atoms with Crippen molar-refractivity contribution in [1.29, 1.82) is 0 Å². The molecule has 0 saturated carbocycles. The summed E-state index contributed by atoms with van der Waals surface area (Å²) in [5.74, 6) is 0.635. The van der Waals surface area contributed by atoms with E-state index in [-0.39, 0.29) is 24.2 Å². The second-order valence-electron chi connectivity index (χ2n) is 5.45. The molecule has 0 aromatic heterocycles. The standard InChI is InChI=1S/C16H23N3O2.ClH/c1-17-16(21)14-5-2-12(3-6-14)11-19-15(20)7-4-13-8-9-18-10-13;/h2-3,5-6,13,18H,4,7-11H2,1H3,(H,17,21)(H,19,20);1H. The molecule has 2 amide bonds. The number of carbonyl (C=O) groups excluding carboxylic acids is 2. The molecule has 1 fully saturated rings. The third-order valence-electron chi connectivity index (χ3n) is 3.87. The number of nitrogens with one attached hydrogen (secondary N) is 3. The maximum absolute atomic E-state index is 11.8. The van der Waals surface area contributed by atoms with Crippen molar-refractivity contribution in [3.63, 3.8) is 0 Å². The molecule has 1 unspecified atom stereocenters. The van der Waals surface area contributed by atoms with Crippen LogP contribution in [0.2, 0.25) is 0 Å². The topological polar surface area (TPSA) is 70.2 Å². The monoisotopic (exact) mass is 325 g/mol. The lowest BCUT2D eigenvalue weighted by Crippen LogP contribution is -2.23. The lowest BCUT2D eigenvalue weighted by Gasteiger charge is -2.09. The molecule has 0 bridgehead atoms. The molecule has 122 valence electrons. The van der Waals surface area contributed by atoms with E-state index in [1.54, 1.807) is 19.2 Å². The minimum absolute atomic E-state index is 0. The summed E-state index contributed by atoms with van der Waals surface area (Å²) in [6.07, 6.45) is 2.71. The van der Waals surface area contributed by atoms with Gasteiger partial charge in [-0.2, -0.15) is 0 Å². The van der Waals surface area contributed by atoms with Crippen LogP contribution in [0.3, 0.4) is 0 Å². The smallest absolute Gasteiger partial charge is 0.251 e. The molecule has 2 rings (SSSR count). The molecule has 1 aromatic rings. The minimum Gasteiger partial charge on any atom is -0.355 e. The lowest BCUT2D eigenvalue weighted by molar-refractivity contribution is -0.121. The Hall–Kier alpha value is -1.59. The minimum atomic E-state index is -0.101. The van der Waals surface area contributed by atoms with Crippen molar-refractivity contribution in [1.82, 2.24) is 16.0 Å². The van der Waals surface area contributed by atoms with Crippen LogP contribution in [0.25, 0.3) is 0 Å². The molecular formula is C16H24ClN3O2. The highest BCUT2D eigenvalue weighted by Gasteiger charge is 2.15. The third-order valence-corrected chi connectivity index (χ3v) is 3.87. The zero-order chi connectivity index (χ0) is 15.1. The van der Waals surface area contributed by atoms with Gasteiger partial charge in [0.15, 0.2) is 0 Å². The molecule has 1 aromatic carbocycles. The van der Waals surface area contributed by atoms with Crippen molar-refractivity contribution >= 4 is 24.2 Å². The van der Waals surface area contributed by atoms with Crippen molar-refractivity contribution in [2.45, 2.75) is 25.8 Å². The highest BCUT2D eigenvalue weighted by atomic mass is 35.5. The fourth-order valence-corrected chi connectivity index (χ4v) is 2.50. The normalized spacial score (nSPS) is 16.7. The van der Waals surface area contributed by atoms with Crippen molar-refractivity contribution in [3.05, 3.63) is 35.4 Å². The molecule has 22 heavy (non-hydrogen) atoms. The van der Waals surface area contributed by atoms with Crippen LogP contribution in [-0.2, 0) is 11.3 Å². The van der Waals surface area contributed by atoms with Gasteiger partial charge in [0.1, 0.15) is 0 Å². The highest BCUT2D eigenvalue weighted by molar-refractivity contribution is 5.93. The van der Waals surface area contributed by atoms with Gasteiger partial charge in [-0.3, -0.25) is 9.59 Å². The van der Waals surface area contributed by atoms with Crippen molar-refractivity contribution in [2.24, 2.45) is 5.92 Å². The van der Waals surface area contributed by atoms with E-state index < -0.39 is 0 Å².